The van der Waals surface area contributed by atoms with Crippen molar-refractivity contribution in [3.8, 4) is 5.75 Å². The molecular formula is C25H37NO5S. The van der Waals surface area contributed by atoms with Gasteiger partial charge in [0.25, 0.3) is 0 Å². The van der Waals surface area contributed by atoms with Crippen molar-refractivity contribution in [2.75, 3.05) is 6.26 Å². The second-order valence-corrected chi connectivity index (χ2v) is 9.92. The topological polar surface area (TPSA) is 76.8 Å². The van der Waals surface area contributed by atoms with Crippen LogP contribution in [-0.2, 0) is 28.0 Å². The van der Waals surface area contributed by atoms with Crippen molar-refractivity contribution < 1.29 is 21.8 Å². The van der Waals surface area contributed by atoms with Crippen molar-refractivity contribution in [3.63, 3.8) is 0 Å². The molecule has 0 aliphatic heterocycles. The van der Waals surface area contributed by atoms with E-state index in [1.807, 2.05) is 12.1 Å². The van der Waals surface area contributed by atoms with E-state index < -0.39 is 10.1 Å². The minimum atomic E-state index is -3.60. The Kier molecular flexibility index (Phi) is 11.4. The smallest absolute Gasteiger partial charge is 0.306 e. The van der Waals surface area contributed by atoms with Crippen molar-refractivity contribution in [1.82, 2.24) is 4.90 Å². The molecule has 1 aromatic carbocycles. The van der Waals surface area contributed by atoms with Gasteiger partial charge in [0, 0.05) is 13.0 Å². The predicted molar refractivity (Wildman–Crippen MR) is 127 cm³/mol. The van der Waals surface area contributed by atoms with E-state index in [9.17, 15) is 13.2 Å². The van der Waals surface area contributed by atoms with Crippen LogP contribution in [0.3, 0.4) is 0 Å². The normalized spacial score (nSPS) is 11.4. The number of benzene rings is 1. The van der Waals surface area contributed by atoms with E-state index in [1.165, 1.54) is 44.9 Å². The standard InChI is InChI=1S/C25H37NO5S/c1-3-4-5-6-7-8-9-10-11-17-25(27)26(21-24-16-13-18-30-24)20-22-14-12-15-23(19-22)31-32(2,28)29/h12-16,18-19H,3-11,17,20-21H2,1-2H3. The van der Waals surface area contributed by atoms with Crippen molar-refractivity contribution in [3.05, 3.63) is 54.0 Å². The summed E-state index contributed by atoms with van der Waals surface area (Å²) < 4.78 is 33.2. The number of furan rings is 1. The van der Waals surface area contributed by atoms with Crippen molar-refractivity contribution in [1.29, 1.82) is 0 Å². The van der Waals surface area contributed by atoms with Crippen LogP contribution < -0.4 is 4.18 Å². The van der Waals surface area contributed by atoms with Crippen LogP contribution in [0, 0.1) is 0 Å². The van der Waals surface area contributed by atoms with E-state index in [0.29, 0.717) is 25.3 Å². The summed E-state index contributed by atoms with van der Waals surface area (Å²) in [6.45, 7) is 2.96. The molecule has 0 radical (unpaired) electrons. The fraction of sp³-hybridized carbons (Fsp3) is 0.560. The number of carbonyl (C=O) groups is 1. The van der Waals surface area contributed by atoms with E-state index in [0.717, 1.165) is 24.7 Å². The van der Waals surface area contributed by atoms with Gasteiger partial charge in [-0.2, -0.15) is 8.42 Å². The van der Waals surface area contributed by atoms with Gasteiger partial charge in [-0.1, -0.05) is 70.4 Å². The summed E-state index contributed by atoms with van der Waals surface area (Å²) in [5.74, 6) is 1.03. The van der Waals surface area contributed by atoms with Gasteiger partial charge >= 0.3 is 10.1 Å². The molecule has 0 spiro atoms. The largest absolute Gasteiger partial charge is 0.467 e. The first-order valence-electron chi connectivity index (χ1n) is 11.7. The summed E-state index contributed by atoms with van der Waals surface area (Å²) in [5.41, 5.74) is 0.804. The molecule has 0 aliphatic carbocycles. The molecule has 178 valence electrons. The maximum Gasteiger partial charge on any atom is 0.306 e. The van der Waals surface area contributed by atoms with E-state index in [1.54, 1.807) is 35.4 Å². The highest BCUT2D eigenvalue weighted by Crippen LogP contribution is 2.19. The first-order valence-corrected chi connectivity index (χ1v) is 13.5. The van der Waals surface area contributed by atoms with E-state index in [2.05, 4.69) is 6.92 Å². The minimum absolute atomic E-state index is 0.0683. The average Bonchev–Trinajstić information content (AvgIpc) is 3.24. The molecular weight excluding hydrogens is 426 g/mol. The minimum Gasteiger partial charge on any atom is -0.467 e. The summed E-state index contributed by atoms with van der Waals surface area (Å²) >= 11 is 0. The Morgan fingerprint density at radius 3 is 2.25 bits per heavy atom. The summed E-state index contributed by atoms with van der Waals surface area (Å²) in [6, 6.07) is 10.5. The third-order valence-corrected chi connectivity index (χ3v) is 5.79. The molecule has 0 N–H and O–H groups in total. The molecule has 0 bridgehead atoms. The number of hydrogen-bond acceptors (Lipinski definition) is 5. The Hall–Kier alpha value is -2.28. The Balaban J connectivity index is 1.87. The average molecular weight is 464 g/mol. The van der Waals surface area contributed by atoms with E-state index in [-0.39, 0.29) is 11.7 Å². The summed E-state index contributed by atoms with van der Waals surface area (Å²) in [4.78, 5) is 14.7. The fourth-order valence-corrected chi connectivity index (χ4v) is 4.11. The SMILES string of the molecule is CCCCCCCCCCCC(=O)N(Cc1cccc(OS(C)(=O)=O)c1)Cc1ccco1. The molecule has 0 fully saturated rings. The van der Waals surface area contributed by atoms with Crippen LogP contribution in [-0.4, -0.2) is 25.5 Å². The highest BCUT2D eigenvalue weighted by Gasteiger charge is 2.16. The highest BCUT2D eigenvalue weighted by atomic mass is 32.2. The summed E-state index contributed by atoms with van der Waals surface area (Å²) in [7, 11) is -3.60. The van der Waals surface area contributed by atoms with Gasteiger partial charge in [-0.15, -0.1) is 0 Å². The van der Waals surface area contributed by atoms with Crippen LogP contribution in [0.5, 0.6) is 5.75 Å². The third-order valence-electron chi connectivity index (χ3n) is 5.29. The van der Waals surface area contributed by atoms with E-state index >= 15 is 0 Å². The Morgan fingerprint density at radius 2 is 1.62 bits per heavy atom. The van der Waals surface area contributed by atoms with Gasteiger partial charge in [0.15, 0.2) is 0 Å². The van der Waals surface area contributed by atoms with Gasteiger partial charge in [0.1, 0.15) is 11.5 Å². The van der Waals surface area contributed by atoms with Gasteiger partial charge in [0.2, 0.25) is 5.91 Å². The molecule has 2 aromatic rings. The van der Waals surface area contributed by atoms with Crippen LogP contribution in [0.2, 0.25) is 0 Å². The summed E-state index contributed by atoms with van der Waals surface area (Å²) in [5, 5.41) is 0. The Labute approximate surface area is 193 Å². The lowest BCUT2D eigenvalue weighted by molar-refractivity contribution is -0.132. The molecule has 7 heteroatoms. The van der Waals surface area contributed by atoms with Crippen LogP contribution in [0.15, 0.2) is 47.1 Å². The zero-order valence-electron chi connectivity index (χ0n) is 19.4. The Bertz CT molecular complexity index is 893. The lowest BCUT2D eigenvalue weighted by Gasteiger charge is -2.22. The van der Waals surface area contributed by atoms with Crippen LogP contribution in [0.1, 0.15) is 82.5 Å². The maximum atomic E-state index is 13.0. The quantitative estimate of drug-likeness (QED) is 0.223. The van der Waals surface area contributed by atoms with Gasteiger partial charge in [-0.3, -0.25) is 4.79 Å². The zero-order chi connectivity index (χ0) is 23.2. The van der Waals surface area contributed by atoms with Crippen molar-refractivity contribution in [2.45, 2.75) is 84.2 Å². The lowest BCUT2D eigenvalue weighted by atomic mass is 10.1. The number of unbranched alkanes of at least 4 members (excludes halogenated alkanes) is 8. The monoisotopic (exact) mass is 463 g/mol. The number of hydrogen-bond donors (Lipinski definition) is 0. The second kappa shape index (κ2) is 14.0. The zero-order valence-corrected chi connectivity index (χ0v) is 20.2. The van der Waals surface area contributed by atoms with Gasteiger partial charge < -0.3 is 13.5 Å². The second-order valence-electron chi connectivity index (χ2n) is 8.34. The number of carbonyl (C=O) groups excluding carboxylic acids is 1. The molecule has 0 aliphatic rings. The molecule has 1 amide bonds. The molecule has 0 saturated heterocycles. The van der Waals surface area contributed by atoms with Gasteiger partial charge in [0.05, 0.1) is 19.1 Å². The highest BCUT2D eigenvalue weighted by molar-refractivity contribution is 7.86. The lowest BCUT2D eigenvalue weighted by Crippen LogP contribution is -2.29. The molecule has 32 heavy (non-hydrogen) atoms. The van der Waals surface area contributed by atoms with Crippen LogP contribution >= 0.6 is 0 Å². The van der Waals surface area contributed by atoms with Crippen LogP contribution in [0.4, 0.5) is 0 Å². The molecule has 0 unspecified atom stereocenters. The predicted octanol–water partition coefficient (Wildman–Crippen LogP) is 6.07. The molecule has 0 atom stereocenters. The first-order chi connectivity index (χ1) is 15.4. The molecule has 1 heterocycles. The number of nitrogens with zero attached hydrogens (tertiary/aromatic N) is 1. The van der Waals surface area contributed by atoms with E-state index in [4.69, 9.17) is 8.60 Å². The first kappa shape index (κ1) is 26.0. The third kappa shape index (κ3) is 10.8. The number of rotatable bonds is 16. The van der Waals surface area contributed by atoms with Crippen LogP contribution in [0.25, 0.3) is 0 Å². The fourth-order valence-electron chi connectivity index (χ4n) is 3.66. The Morgan fingerprint density at radius 1 is 0.938 bits per heavy atom. The van der Waals surface area contributed by atoms with Gasteiger partial charge in [-0.05, 0) is 36.2 Å². The maximum absolute atomic E-state index is 13.0. The molecule has 0 saturated carbocycles. The molecule has 1 aromatic heterocycles. The summed E-state index contributed by atoms with van der Waals surface area (Å²) in [6.07, 6.45) is 14.0. The van der Waals surface area contributed by atoms with Crippen molar-refractivity contribution >= 4 is 16.0 Å². The van der Waals surface area contributed by atoms with Gasteiger partial charge in [-0.25, -0.2) is 0 Å². The number of amides is 1. The van der Waals surface area contributed by atoms with Crippen molar-refractivity contribution in [2.24, 2.45) is 0 Å². The molecule has 2 rings (SSSR count). The molecule has 6 nitrogen and oxygen atoms in total.